The van der Waals surface area contributed by atoms with E-state index in [0.717, 1.165) is 6.42 Å². The molecular formula is C6H15NO2S. The maximum Gasteiger partial charge on any atom is 0.0915 e. The lowest BCUT2D eigenvalue weighted by atomic mass is 10.5. The molecule has 0 amide bonds. The number of hydrogen-bond acceptors (Lipinski definition) is 2. The van der Waals surface area contributed by atoms with E-state index in [0.29, 0.717) is 18.7 Å². The predicted octanol–water partition coefficient (Wildman–Crippen LogP) is 0.0321. The summed E-state index contributed by atoms with van der Waals surface area (Å²) >= 11 is 0. The van der Waals surface area contributed by atoms with Crippen LogP contribution in [0, 0.1) is 0 Å². The van der Waals surface area contributed by atoms with Gasteiger partial charge in [-0.05, 0) is 12.8 Å². The molecule has 0 aromatic carbocycles. The minimum absolute atomic E-state index is 0.163. The van der Waals surface area contributed by atoms with Gasteiger partial charge in [0.1, 0.15) is 0 Å². The maximum absolute atomic E-state index is 10.8. The number of rotatable bonds is 6. The Morgan fingerprint density at radius 2 is 2.30 bits per heavy atom. The van der Waals surface area contributed by atoms with E-state index in [1.54, 1.807) is 0 Å². The molecule has 0 radical (unpaired) electrons. The van der Waals surface area contributed by atoms with Crippen LogP contribution < -0.4 is 4.72 Å². The molecule has 4 heteroatoms. The summed E-state index contributed by atoms with van der Waals surface area (Å²) in [7, 11) is -0.883. The van der Waals surface area contributed by atoms with Crippen molar-refractivity contribution in [3.63, 3.8) is 0 Å². The quantitative estimate of drug-likeness (QED) is 0.546. The number of hydrogen-bond donors (Lipinski definition) is 2. The molecule has 0 aliphatic carbocycles. The standard InChI is InChI=1S/C6H15NO2S/c1-2-6-10(9)7-4-3-5-8/h7-8H,2-6H2,1H3. The molecule has 62 valence electrons. The minimum atomic E-state index is -0.883. The van der Waals surface area contributed by atoms with Gasteiger partial charge in [-0.1, -0.05) is 6.92 Å². The molecule has 0 fully saturated rings. The van der Waals surface area contributed by atoms with Crippen molar-refractivity contribution < 1.29 is 9.32 Å². The third kappa shape index (κ3) is 6.19. The topological polar surface area (TPSA) is 49.3 Å². The third-order valence-electron chi connectivity index (χ3n) is 0.987. The van der Waals surface area contributed by atoms with Gasteiger partial charge < -0.3 is 5.11 Å². The number of nitrogens with one attached hydrogen (secondary N) is 1. The molecule has 1 unspecified atom stereocenters. The average molecular weight is 165 g/mol. The molecule has 0 heterocycles. The summed E-state index contributed by atoms with van der Waals surface area (Å²) in [6.07, 6.45) is 1.61. The van der Waals surface area contributed by atoms with E-state index in [1.807, 2.05) is 6.92 Å². The molecule has 1 atom stereocenters. The van der Waals surface area contributed by atoms with Crippen LogP contribution in [0.25, 0.3) is 0 Å². The van der Waals surface area contributed by atoms with E-state index in [4.69, 9.17) is 5.11 Å². The average Bonchev–Trinajstić information content (AvgIpc) is 1.89. The molecule has 0 aliphatic heterocycles. The van der Waals surface area contributed by atoms with E-state index in [-0.39, 0.29) is 6.61 Å². The highest BCUT2D eigenvalue weighted by atomic mass is 32.2. The van der Waals surface area contributed by atoms with Gasteiger partial charge in [0.05, 0.1) is 11.0 Å². The third-order valence-corrected chi connectivity index (χ3v) is 2.29. The smallest absolute Gasteiger partial charge is 0.0915 e. The zero-order valence-electron chi connectivity index (χ0n) is 6.30. The Kier molecular flexibility index (Phi) is 7.23. The molecule has 0 saturated carbocycles. The van der Waals surface area contributed by atoms with Crippen molar-refractivity contribution >= 4 is 11.0 Å². The zero-order valence-corrected chi connectivity index (χ0v) is 7.12. The van der Waals surface area contributed by atoms with E-state index in [9.17, 15) is 4.21 Å². The van der Waals surface area contributed by atoms with Crippen LogP contribution in [-0.4, -0.2) is 28.2 Å². The molecule has 0 aliphatic rings. The normalized spacial score (nSPS) is 13.4. The Hall–Kier alpha value is 0.0700. The van der Waals surface area contributed by atoms with Gasteiger partial charge in [-0.2, -0.15) is 0 Å². The summed E-state index contributed by atoms with van der Waals surface area (Å²) in [5.74, 6) is 0.700. The summed E-state index contributed by atoms with van der Waals surface area (Å²) in [4.78, 5) is 0. The molecule has 2 N–H and O–H groups in total. The Bertz CT molecular complexity index is 97.7. The first-order valence-electron chi connectivity index (χ1n) is 3.54. The summed E-state index contributed by atoms with van der Waals surface area (Å²) < 4.78 is 13.6. The molecule has 0 rings (SSSR count). The summed E-state index contributed by atoms with van der Waals surface area (Å²) in [6, 6.07) is 0. The Balaban J connectivity index is 3.05. The van der Waals surface area contributed by atoms with Crippen molar-refractivity contribution in [2.24, 2.45) is 0 Å². The Morgan fingerprint density at radius 1 is 1.60 bits per heavy atom. The van der Waals surface area contributed by atoms with Gasteiger partial charge in [0.15, 0.2) is 0 Å². The highest BCUT2D eigenvalue weighted by Crippen LogP contribution is 1.82. The first kappa shape index (κ1) is 10.1. The van der Waals surface area contributed by atoms with Crippen molar-refractivity contribution in [1.29, 1.82) is 0 Å². The summed E-state index contributed by atoms with van der Waals surface area (Å²) in [5, 5.41) is 8.37. The fourth-order valence-electron chi connectivity index (χ4n) is 0.523. The lowest BCUT2D eigenvalue weighted by Crippen LogP contribution is -2.21. The lowest BCUT2D eigenvalue weighted by Gasteiger charge is -2.00. The fraction of sp³-hybridized carbons (Fsp3) is 1.00. The van der Waals surface area contributed by atoms with Gasteiger partial charge in [-0.3, -0.25) is 0 Å². The second-order valence-corrected chi connectivity index (χ2v) is 3.41. The monoisotopic (exact) mass is 165 g/mol. The molecule has 0 aromatic rings. The fourth-order valence-corrected chi connectivity index (χ4v) is 1.41. The molecule has 10 heavy (non-hydrogen) atoms. The Morgan fingerprint density at radius 3 is 2.80 bits per heavy atom. The maximum atomic E-state index is 10.8. The highest BCUT2D eigenvalue weighted by molar-refractivity contribution is 7.82. The van der Waals surface area contributed by atoms with Crippen LogP contribution in [0.1, 0.15) is 19.8 Å². The SMILES string of the molecule is CCCS(=O)NCCCO. The van der Waals surface area contributed by atoms with Crippen LogP contribution in [0.3, 0.4) is 0 Å². The van der Waals surface area contributed by atoms with Crippen molar-refractivity contribution in [3.8, 4) is 0 Å². The summed E-state index contributed by atoms with van der Waals surface area (Å²) in [5.41, 5.74) is 0. The van der Waals surface area contributed by atoms with Crippen LogP contribution in [0.5, 0.6) is 0 Å². The molecule has 0 aromatic heterocycles. The Labute approximate surface area is 64.4 Å². The second kappa shape index (κ2) is 7.18. The van der Waals surface area contributed by atoms with Crippen molar-refractivity contribution in [3.05, 3.63) is 0 Å². The minimum Gasteiger partial charge on any atom is -0.396 e. The van der Waals surface area contributed by atoms with Gasteiger partial charge in [0, 0.05) is 18.9 Å². The predicted molar refractivity (Wildman–Crippen MR) is 43.0 cm³/mol. The van der Waals surface area contributed by atoms with Crippen LogP contribution in [0.4, 0.5) is 0 Å². The lowest BCUT2D eigenvalue weighted by molar-refractivity contribution is 0.289. The van der Waals surface area contributed by atoms with Crippen molar-refractivity contribution in [1.82, 2.24) is 4.72 Å². The summed E-state index contributed by atoms with van der Waals surface area (Å²) in [6.45, 7) is 2.80. The van der Waals surface area contributed by atoms with E-state index in [2.05, 4.69) is 4.72 Å². The van der Waals surface area contributed by atoms with Gasteiger partial charge >= 0.3 is 0 Å². The van der Waals surface area contributed by atoms with Crippen LogP contribution in [0.15, 0.2) is 0 Å². The first-order valence-corrected chi connectivity index (χ1v) is 4.86. The van der Waals surface area contributed by atoms with Crippen LogP contribution in [-0.2, 0) is 11.0 Å². The molecular weight excluding hydrogens is 150 g/mol. The largest absolute Gasteiger partial charge is 0.396 e. The van der Waals surface area contributed by atoms with E-state index < -0.39 is 11.0 Å². The van der Waals surface area contributed by atoms with E-state index >= 15 is 0 Å². The number of aliphatic hydroxyl groups is 1. The molecule has 0 bridgehead atoms. The molecule has 3 nitrogen and oxygen atoms in total. The second-order valence-electron chi connectivity index (χ2n) is 2.02. The number of aliphatic hydroxyl groups excluding tert-OH is 1. The van der Waals surface area contributed by atoms with Crippen LogP contribution >= 0.6 is 0 Å². The van der Waals surface area contributed by atoms with Gasteiger partial charge in [-0.15, -0.1) is 0 Å². The van der Waals surface area contributed by atoms with Gasteiger partial charge in [-0.25, -0.2) is 8.93 Å². The zero-order chi connectivity index (χ0) is 7.82. The highest BCUT2D eigenvalue weighted by Gasteiger charge is 1.93. The molecule has 0 spiro atoms. The van der Waals surface area contributed by atoms with Gasteiger partial charge in [0.25, 0.3) is 0 Å². The van der Waals surface area contributed by atoms with Crippen molar-refractivity contribution in [2.75, 3.05) is 18.9 Å². The van der Waals surface area contributed by atoms with Gasteiger partial charge in [0.2, 0.25) is 0 Å². The van der Waals surface area contributed by atoms with Crippen molar-refractivity contribution in [2.45, 2.75) is 19.8 Å². The van der Waals surface area contributed by atoms with Crippen LogP contribution in [0.2, 0.25) is 0 Å². The van der Waals surface area contributed by atoms with E-state index in [1.165, 1.54) is 0 Å². The first-order chi connectivity index (χ1) is 4.81. The molecule has 0 saturated heterocycles.